The van der Waals surface area contributed by atoms with Gasteiger partial charge in [-0.1, -0.05) is 17.7 Å². The van der Waals surface area contributed by atoms with Crippen LogP contribution >= 0.6 is 38.9 Å². The number of anilines is 1. The zero-order valence-corrected chi connectivity index (χ0v) is 12.1. The van der Waals surface area contributed by atoms with Crippen LogP contribution in [0.15, 0.2) is 34.8 Å². The molecule has 0 radical (unpaired) electrons. The predicted molar refractivity (Wildman–Crippen MR) is 76.2 cm³/mol. The first-order valence-electron chi connectivity index (χ1n) is 4.89. The van der Waals surface area contributed by atoms with E-state index in [4.69, 9.17) is 11.6 Å². The Morgan fingerprint density at radius 1 is 1.35 bits per heavy atom. The van der Waals surface area contributed by atoms with Gasteiger partial charge in [-0.3, -0.25) is 4.79 Å². The molecular formula is C12H9BrClNOS. The SMILES string of the molecule is Cc1ccc(Br)c(NC(=O)c2ccc(Cl)s2)c1. The van der Waals surface area contributed by atoms with E-state index in [1.54, 1.807) is 12.1 Å². The second kappa shape index (κ2) is 5.21. The molecule has 0 aliphatic carbocycles. The van der Waals surface area contributed by atoms with Crippen LogP contribution in [0.25, 0.3) is 0 Å². The first-order chi connectivity index (χ1) is 8.06. The molecule has 1 aromatic heterocycles. The van der Waals surface area contributed by atoms with E-state index >= 15 is 0 Å². The summed E-state index contributed by atoms with van der Waals surface area (Å²) in [5.74, 6) is -0.145. The minimum Gasteiger partial charge on any atom is -0.320 e. The van der Waals surface area contributed by atoms with Crippen LogP contribution in [-0.4, -0.2) is 5.91 Å². The fourth-order valence-electron chi connectivity index (χ4n) is 1.36. The number of aryl methyl sites for hydroxylation is 1. The van der Waals surface area contributed by atoms with Gasteiger partial charge in [0.05, 0.1) is 14.9 Å². The van der Waals surface area contributed by atoms with Gasteiger partial charge in [0.1, 0.15) is 0 Å². The summed E-state index contributed by atoms with van der Waals surface area (Å²) < 4.78 is 1.47. The van der Waals surface area contributed by atoms with Gasteiger partial charge in [0, 0.05) is 4.47 Å². The van der Waals surface area contributed by atoms with Crippen LogP contribution in [0.1, 0.15) is 15.2 Å². The first kappa shape index (κ1) is 12.6. The lowest BCUT2D eigenvalue weighted by atomic mass is 10.2. The summed E-state index contributed by atoms with van der Waals surface area (Å²) >= 11 is 10.5. The lowest BCUT2D eigenvalue weighted by molar-refractivity contribution is 0.103. The zero-order chi connectivity index (χ0) is 12.4. The normalized spacial score (nSPS) is 10.3. The number of halogens is 2. The van der Waals surface area contributed by atoms with Crippen LogP contribution in [0.2, 0.25) is 4.34 Å². The maximum Gasteiger partial charge on any atom is 0.265 e. The molecule has 5 heteroatoms. The van der Waals surface area contributed by atoms with Gasteiger partial charge in [-0.25, -0.2) is 0 Å². The first-order valence-corrected chi connectivity index (χ1v) is 6.88. The van der Waals surface area contributed by atoms with E-state index in [9.17, 15) is 4.79 Å². The number of rotatable bonds is 2. The summed E-state index contributed by atoms with van der Waals surface area (Å²) in [5.41, 5.74) is 1.85. The number of carbonyl (C=O) groups is 1. The van der Waals surface area contributed by atoms with Crippen molar-refractivity contribution in [2.45, 2.75) is 6.92 Å². The van der Waals surface area contributed by atoms with E-state index in [1.165, 1.54) is 11.3 Å². The summed E-state index contributed by atoms with van der Waals surface area (Å²) in [5, 5.41) is 2.85. The minimum atomic E-state index is -0.145. The van der Waals surface area contributed by atoms with Crippen LogP contribution in [0, 0.1) is 6.92 Å². The fourth-order valence-corrected chi connectivity index (χ4v) is 2.64. The zero-order valence-electron chi connectivity index (χ0n) is 8.96. The molecule has 0 spiro atoms. The number of carbonyl (C=O) groups excluding carboxylic acids is 1. The topological polar surface area (TPSA) is 29.1 Å². The molecule has 1 heterocycles. The molecule has 17 heavy (non-hydrogen) atoms. The van der Waals surface area contributed by atoms with Crippen molar-refractivity contribution in [2.24, 2.45) is 0 Å². The van der Waals surface area contributed by atoms with Crippen molar-refractivity contribution in [2.75, 3.05) is 5.32 Å². The van der Waals surface area contributed by atoms with E-state index in [0.29, 0.717) is 9.21 Å². The molecule has 2 nitrogen and oxygen atoms in total. The Labute approximate surface area is 117 Å². The summed E-state index contributed by atoms with van der Waals surface area (Å²) in [6.45, 7) is 1.98. The highest BCUT2D eigenvalue weighted by atomic mass is 79.9. The van der Waals surface area contributed by atoms with Crippen molar-refractivity contribution >= 4 is 50.5 Å². The van der Waals surface area contributed by atoms with Gasteiger partial charge in [0.25, 0.3) is 5.91 Å². The van der Waals surface area contributed by atoms with E-state index in [1.807, 2.05) is 25.1 Å². The van der Waals surface area contributed by atoms with Gasteiger partial charge in [0.15, 0.2) is 0 Å². The Bertz CT molecular complexity index is 567. The summed E-state index contributed by atoms with van der Waals surface area (Å²) in [6, 6.07) is 9.23. The number of benzene rings is 1. The number of hydrogen-bond donors (Lipinski definition) is 1. The fraction of sp³-hybridized carbons (Fsp3) is 0.0833. The van der Waals surface area contributed by atoms with Crippen molar-refractivity contribution in [3.8, 4) is 0 Å². The average molecular weight is 331 g/mol. The van der Waals surface area contributed by atoms with E-state index in [0.717, 1.165) is 15.7 Å². The molecule has 0 aliphatic heterocycles. The lowest BCUT2D eigenvalue weighted by Crippen LogP contribution is -2.10. The van der Waals surface area contributed by atoms with Crippen molar-refractivity contribution in [3.63, 3.8) is 0 Å². The van der Waals surface area contributed by atoms with Crippen molar-refractivity contribution in [1.29, 1.82) is 0 Å². The molecule has 1 amide bonds. The van der Waals surface area contributed by atoms with Crippen LogP contribution in [0.5, 0.6) is 0 Å². The van der Waals surface area contributed by atoms with Gasteiger partial charge in [-0.15, -0.1) is 11.3 Å². The third-order valence-corrected chi connectivity index (χ3v) is 4.09. The molecule has 0 unspecified atom stereocenters. The Balaban J connectivity index is 2.21. The summed E-state index contributed by atoms with van der Waals surface area (Å²) in [4.78, 5) is 12.5. The summed E-state index contributed by atoms with van der Waals surface area (Å²) in [6.07, 6.45) is 0. The van der Waals surface area contributed by atoms with Crippen LogP contribution in [0.4, 0.5) is 5.69 Å². The average Bonchev–Trinajstić information content (AvgIpc) is 2.70. The standard InChI is InChI=1S/C12H9BrClNOS/c1-7-2-3-8(13)9(6-7)15-12(16)10-4-5-11(14)17-10/h2-6H,1H3,(H,15,16). The second-order valence-corrected chi connectivity index (χ2v) is 6.11. The van der Waals surface area contributed by atoms with E-state index in [-0.39, 0.29) is 5.91 Å². The number of hydrogen-bond acceptors (Lipinski definition) is 2. The molecule has 1 N–H and O–H groups in total. The Hall–Kier alpha value is -0.840. The molecule has 0 atom stereocenters. The quantitative estimate of drug-likeness (QED) is 0.847. The highest BCUT2D eigenvalue weighted by Crippen LogP contribution is 2.26. The monoisotopic (exact) mass is 329 g/mol. The molecule has 2 aromatic rings. The van der Waals surface area contributed by atoms with Gasteiger partial charge >= 0.3 is 0 Å². The number of thiophene rings is 1. The minimum absolute atomic E-state index is 0.145. The predicted octanol–water partition coefficient (Wildman–Crippen LogP) is 4.72. The van der Waals surface area contributed by atoms with Crippen LogP contribution in [0.3, 0.4) is 0 Å². The summed E-state index contributed by atoms with van der Waals surface area (Å²) in [7, 11) is 0. The third kappa shape index (κ3) is 3.09. The Kier molecular flexibility index (Phi) is 3.86. The Morgan fingerprint density at radius 3 is 2.76 bits per heavy atom. The van der Waals surface area contributed by atoms with Crippen LogP contribution < -0.4 is 5.32 Å². The van der Waals surface area contributed by atoms with Gasteiger partial charge in [-0.05, 0) is 52.7 Å². The molecule has 1 aromatic carbocycles. The van der Waals surface area contributed by atoms with Gasteiger partial charge in [0.2, 0.25) is 0 Å². The van der Waals surface area contributed by atoms with Crippen molar-refractivity contribution in [1.82, 2.24) is 0 Å². The molecule has 2 rings (SSSR count). The highest BCUT2D eigenvalue weighted by Gasteiger charge is 2.10. The molecule has 0 fully saturated rings. The largest absolute Gasteiger partial charge is 0.320 e. The molecular weight excluding hydrogens is 322 g/mol. The third-order valence-electron chi connectivity index (χ3n) is 2.17. The molecule has 88 valence electrons. The highest BCUT2D eigenvalue weighted by molar-refractivity contribution is 9.10. The Morgan fingerprint density at radius 2 is 2.12 bits per heavy atom. The molecule has 0 aliphatic rings. The molecule has 0 saturated carbocycles. The van der Waals surface area contributed by atoms with Crippen molar-refractivity contribution in [3.05, 3.63) is 49.6 Å². The molecule has 0 bridgehead atoms. The smallest absolute Gasteiger partial charge is 0.265 e. The lowest BCUT2D eigenvalue weighted by Gasteiger charge is -2.07. The van der Waals surface area contributed by atoms with E-state index < -0.39 is 0 Å². The maximum absolute atomic E-state index is 11.9. The number of nitrogens with one attached hydrogen (secondary N) is 1. The molecule has 0 saturated heterocycles. The van der Waals surface area contributed by atoms with E-state index in [2.05, 4.69) is 21.2 Å². The van der Waals surface area contributed by atoms with Crippen molar-refractivity contribution < 1.29 is 4.79 Å². The van der Waals surface area contributed by atoms with Gasteiger partial charge < -0.3 is 5.32 Å². The second-order valence-electron chi connectivity index (χ2n) is 3.54. The van der Waals surface area contributed by atoms with Gasteiger partial charge in [-0.2, -0.15) is 0 Å². The maximum atomic E-state index is 11.9. The number of amides is 1. The van der Waals surface area contributed by atoms with Crippen LogP contribution in [-0.2, 0) is 0 Å².